The number of carbonyl (C=O) groups is 1. The van der Waals surface area contributed by atoms with Crippen LogP contribution in [0.3, 0.4) is 0 Å². The number of hydrogen-bond acceptors (Lipinski definition) is 4. The maximum absolute atomic E-state index is 11.0. The van der Waals surface area contributed by atoms with Crippen molar-refractivity contribution in [2.75, 3.05) is 18.0 Å². The van der Waals surface area contributed by atoms with Crippen LogP contribution in [0.2, 0.25) is 10.4 Å². The van der Waals surface area contributed by atoms with E-state index in [2.05, 4.69) is 9.97 Å². The molecular weight excluding hydrogens is 249 g/mol. The molecule has 1 fully saturated rings. The zero-order valence-corrected chi connectivity index (χ0v) is 10.1. The van der Waals surface area contributed by atoms with Gasteiger partial charge in [0.1, 0.15) is 11.0 Å². The van der Waals surface area contributed by atoms with E-state index in [1.807, 2.05) is 4.90 Å². The Morgan fingerprint density at radius 2 is 1.81 bits per heavy atom. The summed E-state index contributed by atoms with van der Waals surface area (Å²) in [6.45, 7) is 1.76. The van der Waals surface area contributed by atoms with E-state index in [9.17, 15) is 4.79 Å². The van der Waals surface area contributed by atoms with E-state index in [4.69, 9.17) is 23.2 Å². The van der Waals surface area contributed by atoms with Crippen LogP contribution < -0.4 is 4.90 Å². The molecule has 0 amide bonds. The van der Waals surface area contributed by atoms with E-state index in [1.165, 1.54) is 6.42 Å². The predicted molar refractivity (Wildman–Crippen MR) is 63.5 cm³/mol. The zero-order valence-electron chi connectivity index (χ0n) is 8.62. The van der Waals surface area contributed by atoms with Crippen LogP contribution in [-0.2, 0) is 0 Å². The van der Waals surface area contributed by atoms with Crippen molar-refractivity contribution in [1.29, 1.82) is 0 Å². The van der Waals surface area contributed by atoms with Crippen molar-refractivity contribution in [3.05, 3.63) is 16.0 Å². The smallest absolute Gasteiger partial charge is 0.225 e. The van der Waals surface area contributed by atoms with Gasteiger partial charge in [0, 0.05) is 13.1 Å². The molecule has 4 nitrogen and oxygen atoms in total. The van der Waals surface area contributed by atoms with Crippen LogP contribution in [0.4, 0.5) is 5.82 Å². The third-order valence-corrected chi connectivity index (χ3v) is 3.08. The van der Waals surface area contributed by atoms with E-state index >= 15 is 0 Å². The van der Waals surface area contributed by atoms with Crippen molar-refractivity contribution in [1.82, 2.24) is 9.97 Å². The van der Waals surface area contributed by atoms with Gasteiger partial charge in [-0.1, -0.05) is 11.6 Å². The Morgan fingerprint density at radius 3 is 2.44 bits per heavy atom. The standard InChI is InChI=1S/C10H11Cl2N3O/c11-8-7(6-16)9(14-10(12)13-8)15-4-2-1-3-5-15/h6H,1-5H2. The molecule has 6 heteroatoms. The van der Waals surface area contributed by atoms with Gasteiger partial charge in [0.25, 0.3) is 0 Å². The Labute approximate surface area is 104 Å². The molecule has 2 rings (SSSR count). The number of piperidine rings is 1. The average Bonchev–Trinajstić information content (AvgIpc) is 2.29. The first-order valence-electron chi connectivity index (χ1n) is 5.15. The monoisotopic (exact) mass is 259 g/mol. The minimum atomic E-state index is 0.0798. The molecule has 0 spiro atoms. The molecule has 0 N–H and O–H groups in total. The van der Waals surface area contributed by atoms with Crippen LogP contribution >= 0.6 is 23.2 Å². The highest BCUT2D eigenvalue weighted by atomic mass is 35.5. The quantitative estimate of drug-likeness (QED) is 0.466. The lowest BCUT2D eigenvalue weighted by Crippen LogP contribution is -2.31. The van der Waals surface area contributed by atoms with E-state index in [0.717, 1.165) is 25.9 Å². The molecule has 0 saturated carbocycles. The van der Waals surface area contributed by atoms with Crippen molar-refractivity contribution in [2.45, 2.75) is 19.3 Å². The normalized spacial score (nSPS) is 16.2. The predicted octanol–water partition coefficient (Wildman–Crippen LogP) is 2.59. The van der Waals surface area contributed by atoms with Crippen molar-refractivity contribution < 1.29 is 4.79 Å². The highest BCUT2D eigenvalue weighted by molar-refractivity contribution is 6.34. The Kier molecular flexibility index (Phi) is 3.61. The second kappa shape index (κ2) is 4.97. The van der Waals surface area contributed by atoms with Gasteiger partial charge in [-0.05, 0) is 30.9 Å². The molecule has 0 unspecified atom stereocenters. The van der Waals surface area contributed by atoms with Crippen molar-refractivity contribution in [2.24, 2.45) is 0 Å². The van der Waals surface area contributed by atoms with Crippen LogP contribution in [0.25, 0.3) is 0 Å². The van der Waals surface area contributed by atoms with E-state index in [-0.39, 0.29) is 10.4 Å². The topological polar surface area (TPSA) is 46.1 Å². The highest BCUT2D eigenvalue weighted by Crippen LogP contribution is 2.26. The summed E-state index contributed by atoms with van der Waals surface area (Å²) in [7, 11) is 0. The highest BCUT2D eigenvalue weighted by Gasteiger charge is 2.19. The van der Waals surface area contributed by atoms with Gasteiger partial charge in [-0.3, -0.25) is 4.79 Å². The lowest BCUT2D eigenvalue weighted by Gasteiger charge is -2.28. The number of carbonyl (C=O) groups excluding carboxylic acids is 1. The maximum atomic E-state index is 11.0. The second-order valence-corrected chi connectivity index (χ2v) is 4.38. The Morgan fingerprint density at radius 1 is 1.12 bits per heavy atom. The van der Waals surface area contributed by atoms with Gasteiger partial charge in [0.05, 0.1) is 5.56 Å². The molecule has 1 aromatic heterocycles. The largest absolute Gasteiger partial charge is 0.356 e. The molecule has 0 aromatic carbocycles. The first kappa shape index (κ1) is 11.6. The second-order valence-electron chi connectivity index (χ2n) is 3.69. The Bertz CT molecular complexity index is 405. The summed E-state index contributed by atoms with van der Waals surface area (Å²) in [5.41, 5.74) is 0.327. The lowest BCUT2D eigenvalue weighted by atomic mass is 10.1. The van der Waals surface area contributed by atoms with E-state index in [1.54, 1.807) is 0 Å². The Hall–Kier alpha value is -0.870. The minimum absolute atomic E-state index is 0.0798. The molecule has 1 saturated heterocycles. The maximum Gasteiger partial charge on any atom is 0.225 e. The molecule has 0 aliphatic carbocycles. The average molecular weight is 260 g/mol. The van der Waals surface area contributed by atoms with Crippen molar-refractivity contribution in [3.63, 3.8) is 0 Å². The van der Waals surface area contributed by atoms with Crippen LogP contribution in [0.15, 0.2) is 0 Å². The molecule has 1 aromatic rings. The molecule has 86 valence electrons. The number of halogens is 2. The molecule has 1 aliphatic rings. The molecule has 2 heterocycles. The van der Waals surface area contributed by atoms with E-state index in [0.29, 0.717) is 17.7 Å². The molecule has 0 bridgehead atoms. The number of aldehydes is 1. The van der Waals surface area contributed by atoms with Crippen LogP contribution in [0.5, 0.6) is 0 Å². The third kappa shape index (κ3) is 2.28. The summed E-state index contributed by atoms with van der Waals surface area (Å²) in [6, 6.07) is 0. The molecule has 0 radical (unpaired) electrons. The lowest BCUT2D eigenvalue weighted by molar-refractivity contribution is 0.112. The minimum Gasteiger partial charge on any atom is -0.356 e. The zero-order chi connectivity index (χ0) is 11.5. The van der Waals surface area contributed by atoms with Crippen LogP contribution in [0, 0.1) is 0 Å². The van der Waals surface area contributed by atoms with Gasteiger partial charge in [0.2, 0.25) is 5.28 Å². The number of anilines is 1. The summed E-state index contributed by atoms with van der Waals surface area (Å²) in [5.74, 6) is 0.555. The fraction of sp³-hybridized carbons (Fsp3) is 0.500. The fourth-order valence-corrected chi connectivity index (χ4v) is 2.27. The van der Waals surface area contributed by atoms with Gasteiger partial charge < -0.3 is 4.90 Å². The Balaban J connectivity index is 2.40. The SMILES string of the molecule is O=Cc1c(Cl)nc(Cl)nc1N1CCCCC1. The number of nitrogens with zero attached hydrogens (tertiary/aromatic N) is 3. The van der Waals surface area contributed by atoms with Crippen LogP contribution in [0.1, 0.15) is 29.6 Å². The van der Waals surface area contributed by atoms with Gasteiger partial charge in [-0.2, -0.15) is 4.98 Å². The first-order chi connectivity index (χ1) is 7.72. The van der Waals surface area contributed by atoms with Crippen molar-refractivity contribution in [3.8, 4) is 0 Å². The molecule has 16 heavy (non-hydrogen) atoms. The molecule has 0 atom stereocenters. The van der Waals surface area contributed by atoms with Gasteiger partial charge in [-0.25, -0.2) is 4.98 Å². The molecule has 1 aliphatic heterocycles. The summed E-state index contributed by atoms with van der Waals surface area (Å²) in [6.07, 6.45) is 4.08. The van der Waals surface area contributed by atoms with Gasteiger partial charge in [-0.15, -0.1) is 0 Å². The summed E-state index contributed by atoms with van der Waals surface area (Å²) < 4.78 is 0. The summed E-state index contributed by atoms with van der Waals surface area (Å²) >= 11 is 11.6. The van der Waals surface area contributed by atoms with Crippen molar-refractivity contribution >= 4 is 35.3 Å². The van der Waals surface area contributed by atoms with Gasteiger partial charge in [0.15, 0.2) is 6.29 Å². The summed E-state index contributed by atoms with van der Waals surface area (Å²) in [5, 5.41) is 0.201. The van der Waals surface area contributed by atoms with Crippen LogP contribution in [-0.4, -0.2) is 29.3 Å². The number of aromatic nitrogens is 2. The number of hydrogen-bond donors (Lipinski definition) is 0. The van der Waals surface area contributed by atoms with Gasteiger partial charge >= 0.3 is 0 Å². The number of rotatable bonds is 2. The van der Waals surface area contributed by atoms with E-state index < -0.39 is 0 Å². The first-order valence-corrected chi connectivity index (χ1v) is 5.91. The third-order valence-electron chi connectivity index (χ3n) is 2.63. The fourth-order valence-electron chi connectivity index (χ4n) is 1.85. The molecular formula is C10H11Cl2N3O. The summed E-state index contributed by atoms with van der Waals surface area (Å²) in [4.78, 5) is 20.9.